The largest absolute Gasteiger partial charge is 0.372 e. The molecule has 0 radical (unpaired) electrons. The van der Waals surface area contributed by atoms with Crippen molar-refractivity contribution in [1.29, 1.82) is 0 Å². The van der Waals surface area contributed by atoms with Crippen molar-refractivity contribution in [3.05, 3.63) is 0 Å². The average Bonchev–Trinajstić information content (AvgIpc) is 1.92. The van der Waals surface area contributed by atoms with Crippen LogP contribution in [0.25, 0.3) is 0 Å². The van der Waals surface area contributed by atoms with Crippen LogP contribution in [0.3, 0.4) is 0 Å². The molecule has 0 rings (SSSR count). The molecule has 0 saturated heterocycles. The maximum Gasteiger partial charge on any atom is 0.223 e. The van der Waals surface area contributed by atoms with E-state index in [1.807, 2.05) is 41.5 Å². The molecule has 1 N–H and O–H groups in total. The zero-order chi connectivity index (χ0) is 14.6. The summed E-state index contributed by atoms with van der Waals surface area (Å²) in [7, 11) is 0. The van der Waals surface area contributed by atoms with Crippen molar-refractivity contribution in [3.63, 3.8) is 0 Å². The molecule has 0 bridgehead atoms. The second kappa shape index (κ2) is 6.55. The minimum atomic E-state index is -0.207. The predicted molar refractivity (Wildman–Crippen MR) is 76.6 cm³/mol. The van der Waals surface area contributed by atoms with Gasteiger partial charge in [-0.3, -0.25) is 4.79 Å². The fourth-order valence-electron chi connectivity index (χ4n) is 1.87. The van der Waals surface area contributed by atoms with Gasteiger partial charge in [-0.1, -0.05) is 13.8 Å². The number of hydrogen-bond acceptors (Lipinski definition) is 2. The van der Waals surface area contributed by atoms with E-state index in [0.717, 1.165) is 6.42 Å². The fraction of sp³-hybridized carbons (Fsp3) is 0.933. The minimum absolute atomic E-state index is 0.00708. The topological polar surface area (TPSA) is 38.3 Å². The van der Waals surface area contributed by atoms with Crippen LogP contribution in [0.1, 0.15) is 68.2 Å². The normalized spacial score (nSPS) is 14.7. The molecule has 0 aromatic rings. The number of amides is 1. The summed E-state index contributed by atoms with van der Waals surface area (Å²) in [5.41, 5.74) is -0.386. The Morgan fingerprint density at radius 2 is 1.61 bits per heavy atom. The zero-order valence-corrected chi connectivity index (χ0v) is 13.4. The van der Waals surface area contributed by atoms with Crippen molar-refractivity contribution in [2.75, 3.05) is 0 Å². The van der Waals surface area contributed by atoms with Gasteiger partial charge in [-0.25, -0.2) is 0 Å². The van der Waals surface area contributed by atoms with Crippen molar-refractivity contribution >= 4 is 5.91 Å². The Morgan fingerprint density at radius 1 is 1.11 bits per heavy atom. The third kappa shape index (κ3) is 10.6. The summed E-state index contributed by atoms with van der Waals surface area (Å²) in [6, 6.07) is 0. The number of ether oxygens (including phenoxy) is 1. The Bertz CT molecular complexity index is 259. The van der Waals surface area contributed by atoms with E-state index in [1.54, 1.807) is 0 Å². The van der Waals surface area contributed by atoms with E-state index < -0.39 is 0 Å². The highest BCUT2D eigenvalue weighted by molar-refractivity contribution is 5.77. The summed E-state index contributed by atoms with van der Waals surface area (Å²) >= 11 is 0. The van der Waals surface area contributed by atoms with E-state index in [-0.39, 0.29) is 23.2 Å². The number of nitrogens with one attached hydrogen (secondary N) is 1. The SMILES string of the molecule is CC(C)CC(CC(=O)NC(C)(C)C)OC(C)(C)C. The van der Waals surface area contributed by atoms with Crippen molar-refractivity contribution < 1.29 is 9.53 Å². The van der Waals surface area contributed by atoms with E-state index >= 15 is 0 Å². The third-order valence-electron chi connectivity index (χ3n) is 2.18. The van der Waals surface area contributed by atoms with Gasteiger partial charge < -0.3 is 10.1 Å². The van der Waals surface area contributed by atoms with Gasteiger partial charge in [-0.05, 0) is 53.9 Å². The van der Waals surface area contributed by atoms with Crippen LogP contribution in [0.2, 0.25) is 0 Å². The van der Waals surface area contributed by atoms with Crippen LogP contribution >= 0.6 is 0 Å². The Hall–Kier alpha value is -0.570. The second-order valence-electron chi connectivity index (χ2n) is 7.48. The molecule has 1 unspecified atom stereocenters. The number of rotatable bonds is 5. The molecule has 108 valence electrons. The lowest BCUT2D eigenvalue weighted by Crippen LogP contribution is -2.43. The Balaban J connectivity index is 4.45. The fourth-order valence-corrected chi connectivity index (χ4v) is 1.87. The van der Waals surface area contributed by atoms with Gasteiger partial charge in [0.25, 0.3) is 0 Å². The van der Waals surface area contributed by atoms with E-state index in [2.05, 4.69) is 19.2 Å². The van der Waals surface area contributed by atoms with Gasteiger partial charge in [0.05, 0.1) is 18.1 Å². The lowest BCUT2D eigenvalue weighted by Gasteiger charge is -2.29. The van der Waals surface area contributed by atoms with Gasteiger partial charge in [0.1, 0.15) is 0 Å². The molecule has 0 aliphatic heterocycles. The molecule has 1 amide bonds. The van der Waals surface area contributed by atoms with Crippen molar-refractivity contribution in [3.8, 4) is 0 Å². The molecule has 3 nitrogen and oxygen atoms in total. The standard InChI is InChI=1S/C15H31NO2/c1-11(2)9-12(18-15(6,7)8)10-13(17)16-14(3,4)5/h11-12H,9-10H2,1-8H3,(H,16,17). The monoisotopic (exact) mass is 257 g/mol. The summed E-state index contributed by atoms with van der Waals surface area (Å²) in [5.74, 6) is 0.595. The lowest BCUT2D eigenvalue weighted by atomic mass is 10.0. The second-order valence-corrected chi connectivity index (χ2v) is 7.48. The van der Waals surface area contributed by atoms with Crippen LogP contribution < -0.4 is 5.32 Å². The van der Waals surface area contributed by atoms with Gasteiger partial charge in [0, 0.05) is 5.54 Å². The maximum atomic E-state index is 11.9. The molecule has 0 fully saturated rings. The highest BCUT2D eigenvalue weighted by Gasteiger charge is 2.24. The first kappa shape index (κ1) is 17.4. The summed E-state index contributed by atoms with van der Waals surface area (Å²) in [4.78, 5) is 11.9. The first-order valence-electron chi connectivity index (χ1n) is 6.88. The van der Waals surface area contributed by atoms with E-state index in [9.17, 15) is 4.79 Å². The maximum absolute atomic E-state index is 11.9. The summed E-state index contributed by atoms with van der Waals surface area (Å²) in [6.07, 6.45) is 1.34. The minimum Gasteiger partial charge on any atom is -0.372 e. The zero-order valence-electron chi connectivity index (χ0n) is 13.4. The molecule has 0 saturated carbocycles. The molecular formula is C15H31NO2. The predicted octanol–water partition coefficient (Wildman–Crippen LogP) is 3.52. The first-order chi connectivity index (χ1) is 7.89. The third-order valence-corrected chi connectivity index (χ3v) is 2.18. The van der Waals surface area contributed by atoms with Gasteiger partial charge in [0.2, 0.25) is 5.91 Å². The Labute approximate surface area is 113 Å². The van der Waals surface area contributed by atoms with Crippen LogP contribution in [0.5, 0.6) is 0 Å². The number of hydrogen-bond donors (Lipinski definition) is 1. The van der Waals surface area contributed by atoms with Crippen molar-refractivity contribution in [2.24, 2.45) is 5.92 Å². The molecule has 18 heavy (non-hydrogen) atoms. The van der Waals surface area contributed by atoms with E-state index in [1.165, 1.54) is 0 Å². The molecule has 0 spiro atoms. The van der Waals surface area contributed by atoms with Crippen LogP contribution in [0, 0.1) is 5.92 Å². The van der Waals surface area contributed by atoms with Gasteiger partial charge in [-0.2, -0.15) is 0 Å². The highest BCUT2D eigenvalue weighted by atomic mass is 16.5. The first-order valence-corrected chi connectivity index (χ1v) is 6.88. The number of carbonyl (C=O) groups is 1. The van der Waals surface area contributed by atoms with Crippen LogP contribution in [-0.2, 0) is 9.53 Å². The smallest absolute Gasteiger partial charge is 0.223 e. The summed E-state index contributed by atoms with van der Waals surface area (Å²) < 4.78 is 5.97. The molecule has 0 aliphatic carbocycles. The van der Waals surface area contributed by atoms with Gasteiger partial charge >= 0.3 is 0 Å². The molecule has 0 aromatic heterocycles. The van der Waals surface area contributed by atoms with Crippen molar-refractivity contribution in [2.45, 2.75) is 85.5 Å². The Morgan fingerprint density at radius 3 is 1.94 bits per heavy atom. The molecule has 0 aromatic carbocycles. The average molecular weight is 257 g/mol. The van der Waals surface area contributed by atoms with E-state index in [4.69, 9.17) is 4.74 Å². The van der Waals surface area contributed by atoms with Crippen LogP contribution in [-0.4, -0.2) is 23.2 Å². The highest BCUT2D eigenvalue weighted by Crippen LogP contribution is 2.19. The quantitative estimate of drug-likeness (QED) is 0.818. The van der Waals surface area contributed by atoms with Gasteiger partial charge in [-0.15, -0.1) is 0 Å². The Kier molecular flexibility index (Phi) is 6.35. The molecular weight excluding hydrogens is 226 g/mol. The lowest BCUT2D eigenvalue weighted by molar-refractivity contribution is -0.129. The van der Waals surface area contributed by atoms with E-state index in [0.29, 0.717) is 12.3 Å². The molecule has 0 aliphatic rings. The molecule has 1 atom stereocenters. The van der Waals surface area contributed by atoms with Gasteiger partial charge in [0.15, 0.2) is 0 Å². The van der Waals surface area contributed by atoms with Crippen molar-refractivity contribution in [1.82, 2.24) is 5.32 Å². The molecule has 0 heterocycles. The summed E-state index contributed by atoms with van der Waals surface area (Å²) in [6.45, 7) is 16.4. The summed E-state index contributed by atoms with van der Waals surface area (Å²) in [5, 5.41) is 2.99. The van der Waals surface area contributed by atoms with Crippen LogP contribution in [0.4, 0.5) is 0 Å². The number of carbonyl (C=O) groups excluding carboxylic acids is 1. The molecule has 3 heteroatoms. The van der Waals surface area contributed by atoms with Crippen LogP contribution in [0.15, 0.2) is 0 Å².